The first-order valence-electron chi connectivity index (χ1n) is 8.41. The van der Waals surface area contributed by atoms with Crippen LogP contribution >= 0.6 is 0 Å². The highest BCUT2D eigenvalue weighted by atomic mass is 19.1. The van der Waals surface area contributed by atoms with Gasteiger partial charge in [-0.3, -0.25) is 9.78 Å². The van der Waals surface area contributed by atoms with E-state index in [-0.39, 0.29) is 23.6 Å². The summed E-state index contributed by atoms with van der Waals surface area (Å²) in [5.74, 6) is 0.354. The molecule has 4 nitrogen and oxygen atoms in total. The Kier molecular flexibility index (Phi) is 3.92. The molecule has 0 unspecified atom stereocenters. The van der Waals surface area contributed by atoms with E-state index in [0.717, 1.165) is 43.9 Å². The summed E-state index contributed by atoms with van der Waals surface area (Å²) < 4.78 is 13.0. The van der Waals surface area contributed by atoms with Crippen molar-refractivity contribution in [1.82, 2.24) is 9.88 Å². The molecule has 2 atom stereocenters. The second kappa shape index (κ2) is 6.23. The Balaban J connectivity index is 1.33. The number of hydrogen-bond donors (Lipinski definition) is 0. The van der Waals surface area contributed by atoms with Crippen molar-refractivity contribution in [1.29, 1.82) is 0 Å². The predicted octanol–water partition coefficient (Wildman–Crippen LogP) is 2.67. The number of benzene rings is 1. The molecule has 2 heterocycles. The van der Waals surface area contributed by atoms with Crippen molar-refractivity contribution >= 4 is 11.6 Å². The maximum Gasteiger partial charge on any atom is 0.226 e. The molecule has 4 rings (SSSR count). The minimum Gasteiger partial charge on any atom is -0.368 e. The highest BCUT2D eigenvalue weighted by Gasteiger charge is 2.46. The number of aromatic nitrogens is 1. The Labute approximate surface area is 140 Å². The van der Waals surface area contributed by atoms with Gasteiger partial charge in [0.2, 0.25) is 5.91 Å². The van der Waals surface area contributed by atoms with Crippen LogP contribution in [0.25, 0.3) is 0 Å². The van der Waals surface area contributed by atoms with Crippen molar-refractivity contribution in [2.75, 3.05) is 31.1 Å². The number of carbonyl (C=O) groups excluding carboxylic acids is 1. The molecule has 1 aliphatic carbocycles. The average Bonchev–Trinajstić information content (AvgIpc) is 3.43. The third-order valence-corrected chi connectivity index (χ3v) is 5.03. The molecule has 0 radical (unpaired) electrons. The van der Waals surface area contributed by atoms with Crippen molar-refractivity contribution < 1.29 is 9.18 Å². The van der Waals surface area contributed by atoms with Crippen LogP contribution in [0.1, 0.15) is 17.9 Å². The molecule has 0 spiro atoms. The maximum absolute atomic E-state index is 13.0. The molecular formula is C19H20FN3O. The topological polar surface area (TPSA) is 36.4 Å². The number of carbonyl (C=O) groups is 1. The van der Waals surface area contributed by atoms with Crippen LogP contribution in [-0.2, 0) is 4.79 Å². The van der Waals surface area contributed by atoms with Gasteiger partial charge in [0.25, 0.3) is 0 Å². The van der Waals surface area contributed by atoms with Crippen LogP contribution in [0.5, 0.6) is 0 Å². The Morgan fingerprint density at radius 3 is 2.33 bits per heavy atom. The summed E-state index contributed by atoms with van der Waals surface area (Å²) in [6.07, 6.45) is 4.48. The smallest absolute Gasteiger partial charge is 0.226 e. The van der Waals surface area contributed by atoms with Crippen LogP contribution in [0.4, 0.5) is 10.1 Å². The van der Waals surface area contributed by atoms with Gasteiger partial charge in [0.15, 0.2) is 0 Å². The SMILES string of the molecule is O=C([C@H]1C[C@@H]1c1ccc(F)cc1)N1CCN(c2ccncc2)CC1. The van der Waals surface area contributed by atoms with Crippen molar-refractivity contribution in [2.24, 2.45) is 5.92 Å². The summed E-state index contributed by atoms with van der Waals surface area (Å²) >= 11 is 0. The second-order valence-electron chi connectivity index (χ2n) is 6.52. The molecule has 2 fully saturated rings. The van der Waals surface area contributed by atoms with Crippen LogP contribution in [0, 0.1) is 11.7 Å². The van der Waals surface area contributed by atoms with Gasteiger partial charge in [-0.1, -0.05) is 12.1 Å². The van der Waals surface area contributed by atoms with Crippen LogP contribution in [0.15, 0.2) is 48.8 Å². The number of pyridine rings is 1. The largest absolute Gasteiger partial charge is 0.368 e. The van der Waals surface area contributed by atoms with E-state index >= 15 is 0 Å². The third kappa shape index (κ3) is 2.98. The lowest BCUT2D eigenvalue weighted by molar-refractivity contribution is -0.132. The standard InChI is InChI=1S/C19H20FN3O/c20-15-3-1-14(2-4-15)17-13-18(17)19(24)23-11-9-22(10-12-23)16-5-7-21-8-6-16/h1-8,17-18H,9-13H2/t17-,18+/m1/s1. The molecule has 24 heavy (non-hydrogen) atoms. The monoisotopic (exact) mass is 325 g/mol. The average molecular weight is 325 g/mol. The first-order valence-corrected chi connectivity index (χ1v) is 8.41. The minimum atomic E-state index is -0.227. The molecule has 1 amide bonds. The Bertz CT molecular complexity index is 711. The van der Waals surface area contributed by atoms with E-state index in [0.29, 0.717) is 0 Å². The Hall–Kier alpha value is -2.43. The van der Waals surface area contributed by atoms with E-state index in [9.17, 15) is 9.18 Å². The quantitative estimate of drug-likeness (QED) is 0.870. The van der Waals surface area contributed by atoms with Crippen molar-refractivity contribution in [3.8, 4) is 0 Å². The molecule has 2 aromatic rings. The lowest BCUT2D eigenvalue weighted by atomic mass is 10.1. The van der Waals surface area contributed by atoms with Gasteiger partial charge in [-0.05, 0) is 42.2 Å². The number of anilines is 1. The second-order valence-corrected chi connectivity index (χ2v) is 6.52. The molecule has 124 valence electrons. The van der Waals surface area contributed by atoms with Gasteiger partial charge in [0.05, 0.1) is 0 Å². The highest BCUT2D eigenvalue weighted by molar-refractivity contribution is 5.83. The number of amides is 1. The number of piperazine rings is 1. The summed E-state index contributed by atoms with van der Waals surface area (Å²) in [6, 6.07) is 10.6. The highest BCUT2D eigenvalue weighted by Crippen LogP contribution is 2.48. The third-order valence-electron chi connectivity index (χ3n) is 5.03. The van der Waals surface area contributed by atoms with Crippen LogP contribution in [-0.4, -0.2) is 42.0 Å². The fourth-order valence-electron chi connectivity index (χ4n) is 3.52. The van der Waals surface area contributed by atoms with Gasteiger partial charge in [-0.25, -0.2) is 4.39 Å². The van der Waals surface area contributed by atoms with Crippen molar-refractivity contribution in [3.05, 3.63) is 60.2 Å². The first kappa shape index (κ1) is 15.1. The van der Waals surface area contributed by atoms with Gasteiger partial charge >= 0.3 is 0 Å². The molecule has 1 aliphatic heterocycles. The minimum absolute atomic E-state index is 0.0722. The molecule has 5 heteroatoms. The van der Waals surface area contributed by atoms with E-state index < -0.39 is 0 Å². The lowest BCUT2D eigenvalue weighted by Gasteiger charge is -2.36. The maximum atomic E-state index is 13.0. The van der Waals surface area contributed by atoms with E-state index in [4.69, 9.17) is 0 Å². The summed E-state index contributed by atoms with van der Waals surface area (Å²) in [5, 5.41) is 0. The number of nitrogens with zero attached hydrogens (tertiary/aromatic N) is 3. The molecule has 1 aromatic heterocycles. The van der Waals surface area contributed by atoms with Gasteiger partial charge < -0.3 is 9.80 Å². The molecule has 1 saturated carbocycles. The summed E-state index contributed by atoms with van der Waals surface area (Å²) in [4.78, 5) is 21.0. The Morgan fingerprint density at radius 1 is 1.00 bits per heavy atom. The Morgan fingerprint density at radius 2 is 1.67 bits per heavy atom. The van der Waals surface area contributed by atoms with Gasteiger partial charge in [-0.2, -0.15) is 0 Å². The van der Waals surface area contributed by atoms with E-state index in [1.54, 1.807) is 24.5 Å². The zero-order valence-corrected chi connectivity index (χ0v) is 13.4. The van der Waals surface area contributed by atoms with Crippen LogP contribution < -0.4 is 4.90 Å². The van der Waals surface area contributed by atoms with Crippen molar-refractivity contribution in [2.45, 2.75) is 12.3 Å². The normalized spacial score (nSPS) is 23.2. The van der Waals surface area contributed by atoms with Gasteiger partial charge in [-0.15, -0.1) is 0 Å². The summed E-state index contributed by atoms with van der Waals surface area (Å²) in [6.45, 7) is 3.22. The number of rotatable bonds is 3. The van der Waals surface area contributed by atoms with E-state index in [1.807, 2.05) is 17.0 Å². The van der Waals surface area contributed by atoms with Crippen LogP contribution in [0.2, 0.25) is 0 Å². The van der Waals surface area contributed by atoms with Crippen molar-refractivity contribution in [3.63, 3.8) is 0 Å². The van der Waals surface area contributed by atoms with E-state index in [2.05, 4.69) is 9.88 Å². The first-order chi connectivity index (χ1) is 11.7. The molecule has 2 aliphatic rings. The summed E-state index contributed by atoms with van der Waals surface area (Å²) in [7, 11) is 0. The number of halogens is 1. The zero-order chi connectivity index (χ0) is 16.5. The molecular weight excluding hydrogens is 305 g/mol. The molecule has 1 saturated heterocycles. The van der Waals surface area contributed by atoms with Crippen LogP contribution in [0.3, 0.4) is 0 Å². The number of hydrogen-bond acceptors (Lipinski definition) is 3. The van der Waals surface area contributed by atoms with Gasteiger partial charge in [0.1, 0.15) is 5.82 Å². The lowest BCUT2D eigenvalue weighted by Crippen LogP contribution is -2.49. The summed E-state index contributed by atoms with van der Waals surface area (Å²) in [5.41, 5.74) is 2.23. The molecule has 1 aromatic carbocycles. The van der Waals surface area contributed by atoms with E-state index in [1.165, 1.54) is 12.1 Å². The molecule has 0 bridgehead atoms. The fraction of sp³-hybridized carbons (Fsp3) is 0.368. The molecule has 0 N–H and O–H groups in total. The zero-order valence-electron chi connectivity index (χ0n) is 13.4. The predicted molar refractivity (Wildman–Crippen MR) is 90.3 cm³/mol. The fourth-order valence-corrected chi connectivity index (χ4v) is 3.52. The van der Waals surface area contributed by atoms with Gasteiger partial charge in [0, 0.05) is 50.2 Å².